The normalized spacial score (nSPS) is 14.6. The molecule has 1 aliphatic carbocycles. The van der Waals surface area contributed by atoms with E-state index in [1.54, 1.807) is 13.0 Å². The number of carbonyl (C=O) groups excluding carboxylic acids is 2. The van der Waals surface area contributed by atoms with Gasteiger partial charge in [-0.2, -0.15) is 5.10 Å². The van der Waals surface area contributed by atoms with E-state index in [0.717, 1.165) is 35.2 Å². The highest BCUT2D eigenvalue weighted by molar-refractivity contribution is 6.39. The van der Waals surface area contributed by atoms with Gasteiger partial charge in [-0.15, -0.1) is 0 Å². The second-order valence-electron chi connectivity index (χ2n) is 10.5. The fourth-order valence-corrected chi connectivity index (χ4v) is 5.20. The predicted molar refractivity (Wildman–Crippen MR) is 173 cm³/mol. The molecule has 0 spiro atoms. The molecule has 4 rings (SSSR count). The summed E-state index contributed by atoms with van der Waals surface area (Å²) in [6.45, 7) is 5.70. The number of urea groups is 1. The van der Waals surface area contributed by atoms with Crippen LogP contribution in [0.4, 0.5) is 16.2 Å². The Morgan fingerprint density at radius 2 is 1.79 bits per heavy atom. The van der Waals surface area contributed by atoms with Gasteiger partial charge in [-0.25, -0.2) is 9.48 Å². The number of anilines is 2. The third-order valence-electron chi connectivity index (χ3n) is 6.99. The molecule has 1 unspecified atom stereocenters. The van der Waals surface area contributed by atoms with E-state index in [4.69, 9.17) is 23.2 Å². The average Bonchev–Trinajstić information content (AvgIpc) is 2.98. The SMILES string of the molecule is CCn1nc(-c2cccc(C3=CC=C(C(=O)NCCCN(C)C)C(C)C3)c2)cc(NC(=O)Nc2c(Cl)cncc2Cl)c1=O. The lowest BCUT2D eigenvalue weighted by atomic mass is 9.84. The first-order valence-electron chi connectivity index (χ1n) is 14.0. The summed E-state index contributed by atoms with van der Waals surface area (Å²) < 4.78 is 1.29. The second-order valence-corrected chi connectivity index (χ2v) is 11.3. The van der Waals surface area contributed by atoms with Crippen LogP contribution in [0.25, 0.3) is 16.8 Å². The van der Waals surface area contributed by atoms with Crippen molar-refractivity contribution in [3.63, 3.8) is 0 Å². The summed E-state index contributed by atoms with van der Waals surface area (Å²) >= 11 is 12.2. The van der Waals surface area contributed by atoms with E-state index in [1.807, 2.05) is 50.5 Å². The van der Waals surface area contributed by atoms with Crippen LogP contribution in [-0.4, -0.2) is 58.8 Å². The molecule has 2 heterocycles. The van der Waals surface area contributed by atoms with Crippen LogP contribution in [0.1, 0.15) is 32.3 Å². The summed E-state index contributed by atoms with van der Waals surface area (Å²) in [5, 5.41) is 13.0. The van der Waals surface area contributed by atoms with Gasteiger partial charge in [0, 0.05) is 36.6 Å². The van der Waals surface area contributed by atoms with Crippen molar-refractivity contribution in [1.82, 2.24) is 25.0 Å². The number of amides is 3. The first kappa shape index (κ1) is 31.9. The van der Waals surface area contributed by atoms with Crippen molar-refractivity contribution in [2.24, 2.45) is 5.92 Å². The zero-order valence-corrected chi connectivity index (χ0v) is 26.1. The molecule has 0 saturated heterocycles. The van der Waals surface area contributed by atoms with Gasteiger partial charge in [0.25, 0.3) is 5.56 Å². The second kappa shape index (κ2) is 14.5. The number of allylic oxidation sites excluding steroid dienone is 3. The number of hydrogen-bond donors (Lipinski definition) is 3. The molecule has 1 atom stereocenters. The lowest BCUT2D eigenvalue weighted by Crippen LogP contribution is -2.30. The Bertz CT molecular complexity index is 1610. The quantitative estimate of drug-likeness (QED) is 0.249. The number of nitrogens with zero attached hydrogens (tertiary/aromatic N) is 4. The summed E-state index contributed by atoms with van der Waals surface area (Å²) in [7, 11) is 4.02. The van der Waals surface area contributed by atoms with Crippen molar-refractivity contribution < 1.29 is 9.59 Å². The van der Waals surface area contributed by atoms with Crippen molar-refractivity contribution in [2.45, 2.75) is 33.2 Å². The molecule has 1 aromatic carbocycles. The number of carbonyl (C=O) groups is 2. The molecular weight excluding hydrogens is 589 g/mol. The number of aromatic nitrogens is 3. The van der Waals surface area contributed by atoms with Crippen molar-refractivity contribution in [1.29, 1.82) is 0 Å². The van der Waals surface area contributed by atoms with Gasteiger partial charge in [-0.1, -0.05) is 60.5 Å². The number of aryl methyl sites for hydroxylation is 1. The van der Waals surface area contributed by atoms with Crippen molar-refractivity contribution in [3.05, 3.63) is 86.4 Å². The van der Waals surface area contributed by atoms with Crippen LogP contribution in [0, 0.1) is 5.92 Å². The molecule has 0 fully saturated rings. The highest BCUT2D eigenvalue weighted by Crippen LogP contribution is 2.33. The van der Waals surface area contributed by atoms with Gasteiger partial charge >= 0.3 is 6.03 Å². The first-order chi connectivity index (χ1) is 20.6. The topological polar surface area (TPSA) is 121 Å². The van der Waals surface area contributed by atoms with Gasteiger partial charge in [0.1, 0.15) is 5.69 Å². The summed E-state index contributed by atoms with van der Waals surface area (Å²) in [4.78, 5) is 44.5. The molecule has 12 heteroatoms. The van der Waals surface area contributed by atoms with E-state index in [2.05, 4.69) is 37.9 Å². The van der Waals surface area contributed by atoms with Crippen LogP contribution in [0.2, 0.25) is 10.0 Å². The third-order valence-corrected chi connectivity index (χ3v) is 7.57. The van der Waals surface area contributed by atoms with Gasteiger partial charge in [0.05, 0.1) is 21.4 Å². The van der Waals surface area contributed by atoms with E-state index >= 15 is 0 Å². The molecule has 0 radical (unpaired) electrons. The fourth-order valence-electron chi connectivity index (χ4n) is 4.74. The van der Waals surface area contributed by atoms with Crippen LogP contribution in [0.15, 0.2) is 65.2 Å². The van der Waals surface area contributed by atoms with Crippen LogP contribution >= 0.6 is 23.2 Å². The van der Waals surface area contributed by atoms with Gasteiger partial charge in [0.2, 0.25) is 5.91 Å². The summed E-state index contributed by atoms with van der Waals surface area (Å²) in [6.07, 6.45) is 8.19. The summed E-state index contributed by atoms with van der Waals surface area (Å²) in [6, 6.07) is 8.67. The predicted octanol–water partition coefficient (Wildman–Crippen LogP) is 5.69. The minimum atomic E-state index is -0.689. The van der Waals surface area contributed by atoms with E-state index in [0.29, 0.717) is 25.2 Å². The summed E-state index contributed by atoms with van der Waals surface area (Å²) in [5.74, 6) is 0.0215. The minimum Gasteiger partial charge on any atom is -0.352 e. The molecule has 226 valence electrons. The Morgan fingerprint density at radius 3 is 2.47 bits per heavy atom. The molecule has 0 aliphatic heterocycles. The van der Waals surface area contributed by atoms with Gasteiger partial charge in [-0.3, -0.25) is 14.6 Å². The molecular formula is C31H35Cl2N7O3. The zero-order valence-electron chi connectivity index (χ0n) is 24.6. The maximum atomic E-state index is 13.0. The monoisotopic (exact) mass is 623 g/mol. The maximum absolute atomic E-state index is 13.0. The van der Waals surface area contributed by atoms with Crippen molar-refractivity contribution in [2.75, 3.05) is 37.8 Å². The number of nitrogens with one attached hydrogen (secondary N) is 3. The van der Waals surface area contributed by atoms with E-state index in [9.17, 15) is 14.4 Å². The number of halogens is 2. The highest BCUT2D eigenvalue weighted by atomic mass is 35.5. The number of rotatable bonds is 10. The van der Waals surface area contributed by atoms with E-state index in [-0.39, 0.29) is 33.2 Å². The van der Waals surface area contributed by atoms with Crippen LogP contribution in [0.3, 0.4) is 0 Å². The molecule has 0 saturated carbocycles. The number of pyridine rings is 1. The fraction of sp³-hybridized carbons (Fsp3) is 0.323. The maximum Gasteiger partial charge on any atom is 0.323 e. The van der Waals surface area contributed by atoms with Crippen LogP contribution in [-0.2, 0) is 11.3 Å². The Labute approximate surface area is 260 Å². The smallest absolute Gasteiger partial charge is 0.323 e. The number of benzene rings is 1. The number of hydrogen-bond acceptors (Lipinski definition) is 6. The molecule has 10 nitrogen and oxygen atoms in total. The molecule has 43 heavy (non-hydrogen) atoms. The summed E-state index contributed by atoms with van der Waals surface area (Å²) in [5.41, 5.74) is 3.90. The van der Waals surface area contributed by atoms with Gasteiger partial charge in [0.15, 0.2) is 0 Å². The molecule has 3 aromatic rings. The lowest BCUT2D eigenvalue weighted by molar-refractivity contribution is -0.118. The molecule has 1 aliphatic rings. The standard InChI is InChI=1S/C31H35Cl2N7O3/c1-5-40-30(42)27(36-31(43)37-28-24(32)17-34-18-25(28)33)16-26(38-40)22-9-6-8-20(15-22)21-10-11-23(19(2)14-21)29(41)35-12-7-13-39(3)4/h6,8-11,15-19H,5,7,12-14H2,1-4H3,(H,35,41)(H2,34,36,37,43). The highest BCUT2D eigenvalue weighted by Gasteiger charge is 2.22. The van der Waals surface area contributed by atoms with Crippen molar-refractivity contribution in [3.8, 4) is 11.3 Å². The largest absolute Gasteiger partial charge is 0.352 e. The van der Waals surface area contributed by atoms with E-state index in [1.165, 1.54) is 17.1 Å². The third kappa shape index (κ3) is 8.10. The van der Waals surface area contributed by atoms with E-state index < -0.39 is 11.6 Å². The molecule has 0 bridgehead atoms. The van der Waals surface area contributed by atoms with Gasteiger partial charge in [-0.05, 0) is 69.6 Å². The minimum absolute atomic E-state index is 0.0288. The van der Waals surface area contributed by atoms with Crippen molar-refractivity contribution >= 4 is 52.1 Å². The zero-order chi connectivity index (χ0) is 31.1. The first-order valence-corrected chi connectivity index (χ1v) is 14.8. The van der Waals surface area contributed by atoms with Gasteiger partial charge < -0.3 is 20.9 Å². The molecule has 3 N–H and O–H groups in total. The lowest BCUT2D eigenvalue weighted by Gasteiger charge is -2.22. The molecule has 3 amide bonds. The average molecular weight is 625 g/mol. The Kier molecular flexibility index (Phi) is 10.7. The Morgan fingerprint density at radius 1 is 1.07 bits per heavy atom. The van der Waals surface area contributed by atoms with Crippen LogP contribution in [0.5, 0.6) is 0 Å². The molecule has 2 aromatic heterocycles. The Balaban J connectivity index is 1.55. The Hall–Kier alpha value is -3.99. The van der Waals surface area contributed by atoms with Crippen LogP contribution < -0.4 is 21.5 Å².